The van der Waals surface area contributed by atoms with Crippen molar-refractivity contribution >= 4 is 6.16 Å². The molecule has 3 nitrogen and oxygen atoms in total. The van der Waals surface area contributed by atoms with Crippen molar-refractivity contribution in [1.82, 2.24) is 0 Å². The van der Waals surface area contributed by atoms with Gasteiger partial charge in [-0.15, -0.1) is 0 Å². The van der Waals surface area contributed by atoms with Gasteiger partial charge in [-0.25, -0.2) is 4.79 Å². The highest BCUT2D eigenvalue weighted by Crippen LogP contribution is 2.27. The molecule has 1 atom stereocenters. The van der Waals surface area contributed by atoms with Crippen molar-refractivity contribution in [2.45, 2.75) is 45.1 Å². The zero-order valence-electron chi connectivity index (χ0n) is 13.6. The number of ether oxygens (including phenoxy) is 1. The first-order valence-electron chi connectivity index (χ1n) is 8.22. The fraction of sp³-hybridized carbons (Fsp3) is 0.350. The third kappa shape index (κ3) is 5.44. The van der Waals surface area contributed by atoms with E-state index in [0.717, 1.165) is 24.0 Å². The first kappa shape index (κ1) is 17.1. The van der Waals surface area contributed by atoms with Crippen LogP contribution in [0.1, 0.15) is 49.0 Å². The maximum absolute atomic E-state index is 11.1. The van der Waals surface area contributed by atoms with Gasteiger partial charge in [0.25, 0.3) is 0 Å². The fourth-order valence-corrected chi connectivity index (χ4v) is 2.81. The van der Waals surface area contributed by atoms with Crippen LogP contribution < -0.4 is 0 Å². The largest absolute Gasteiger partial charge is 0.506 e. The first-order chi connectivity index (χ1) is 11.2. The molecule has 23 heavy (non-hydrogen) atoms. The average Bonchev–Trinajstić information content (AvgIpc) is 2.55. The molecule has 0 fully saturated rings. The SMILES string of the molecule is CCCCCc1ccccc1C(Cc1ccccc1)OC(=O)O. The first-order valence-corrected chi connectivity index (χ1v) is 8.22. The Hall–Kier alpha value is -2.29. The predicted octanol–water partition coefficient (Wildman–Crippen LogP) is 5.40. The molecule has 0 saturated heterocycles. The molecule has 0 spiro atoms. The van der Waals surface area contributed by atoms with Gasteiger partial charge in [0.2, 0.25) is 0 Å². The van der Waals surface area contributed by atoms with E-state index in [9.17, 15) is 4.79 Å². The van der Waals surface area contributed by atoms with Gasteiger partial charge in [-0.1, -0.05) is 74.4 Å². The van der Waals surface area contributed by atoms with Gasteiger partial charge in [-0.2, -0.15) is 0 Å². The number of unbranched alkanes of at least 4 members (excludes halogenated alkanes) is 2. The Bertz CT molecular complexity index is 607. The number of hydrogen-bond donors (Lipinski definition) is 1. The van der Waals surface area contributed by atoms with E-state index in [0.29, 0.717) is 6.42 Å². The molecule has 0 saturated carbocycles. The van der Waals surface area contributed by atoms with E-state index in [1.165, 1.54) is 18.4 Å². The summed E-state index contributed by atoms with van der Waals surface area (Å²) in [5.41, 5.74) is 3.24. The van der Waals surface area contributed by atoms with Gasteiger partial charge in [0.15, 0.2) is 0 Å². The molecule has 2 aromatic carbocycles. The lowest BCUT2D eigenvalue weighted by molar-refractivity contribution is 0.0510. The van der Waals surface area contributed by atoms with E-state index < -0.39 is 12.3 Å². The summed E-state index contributed by atoms with van der Waals surface area (Å²) in [5.74, 6) is 0. The van der Waals surface area contributed by atoms with E-state index in [-0.39, 0.29) is 0 Å². The minimum absolute atomic E-state index is 0.465. The lowest BCUT2D eigenvalue weighted by Crippen LogP contribution is -2.14. The van der Waals surface area contributed by atoms with Gasteiger partial charge < -0.3 is 9.84 Å². The summed E-state index contributed by atoms with van der Waals surface area (Å²) in [6.07, 6.45) is 3.27. The number of hydrogen-bond acceptors (Lipinski definition) is 2. The molecule has 0 amide bonds. The number of aryl methyl sites for hydroxylation is 1. The summed E-state index contributed by atoms with van der Waals surface area (Å²) < 4.78 is 5.20. The van der Waals surface area contributed by atoms with Crippen molar-refractivity contribution in [1.29, 1.82) is 0 Å². The Labute approximate surface area is 137 Å². The summed E-state index contributed by atoms with van der Waals surface area (Å²) in [6, 6.07) is 17.9. The number of benzene rings is 2. The molecule has 0 bridgehead atoms. The van der Waals surface area contributed by atoms with Crippen molar-refractivity contribution < 1.29 is 14.6 Å². The highest BCUT2D eigenvalue weighted by molar-refractivity contribution is 5.57. The third-order valence-corrected chi connectivity index (χ3v) is 3.96. The topological polar surface area (TPSA) is 46.5 Å². The van der Waals surface area contributed by atoms with Crippen LogP contribution in [0.3, 0.4) is 0 Å². The van der Waals surface area contributed by atoms with Crippen LogP contribution in [0.5, 0.6) is 0 Å². The summed E-state index contributed by atoms with van der Waals surface area (Å²) in [4.78, 5) is 11.1. The van der Waals surface area contributed by atoms with Gasteiger partial charge >= 0.3 is 6.16 Å². The molecule has 0 aliphatic heterocycles. The van der Waals surface area contributed by atoms with Crippen LogP contribution in [0.25, 0.3) is 0 Å². The Balaban J connectivity index is 2.22. The standard InChI is InChI=1S/C20H24O3/c1-2-3-5-12-17-13-8-9-14-18(17)19(23-20(21)22)15-16-10-6-4-7-11-16/h4,6-11,13-14,19H,2-3,5,12,15H2,1H3,(H,21,22). The molecule has 0 radical (unpaired) electrons. The monoisotopic (exact) mass is 312 g/mol. The van der Waals surface area contributed by atoms with E-state index in [4.69, 9.17) is 9.84 Å². The van der Waals surface area contributed by atoms with Crippen LogP contribution in [0, 0.1) is 0 Å². The average molecular weight is 312 g/mol. The van der Waals surface area contributed by atoms with Crippen LogP contribution in [0.15, 0.2) is 54.6 Å². The van der Waals surface area contributed by atoms with E-state index in [1.807, 2.05) is 48.5 Å². The van der Waals surface area contributed by atoms with E-state index in [2.05, 4.69) is 13.0 Å². The third-order valence-electron chi connectivity index (χ3n) is 3.96. The zero-order valence-corrected chi connectivity index (χ0v) is 13.6. The number of carboxylic acid groups (broad SMARTS) is 1. The predicted molar refractivity (Wildman–Crippen MR) is 91.7 cm³/mol. The number of carbonyl (C=O) groups is 1. The quantitative estimate of drug-likeness (QED) is 0.524. The lowest BCUT2D eigenvalue weighted by Gasteiger charge is -2.20. The van der Waals surface area contributed by atoms with E-state index >= 15 is 0 Å². The molecule has 0 aliphatic carbocycles. The maximum atomic E-state index is 11.1. The Kier molecular flexibility index (Phi) is 6.67. The Morgan fingerprint density at radius 1 is 1.04 bits per heavy atom. The molecule has 2 rings (SSSR count). The molecule has 0 heterocycles. The smallest absolute Gasteiger partial charge is 0.450 e. The molecular weight excluding hydrogens is 288 g/mol. The molecule has 2 aromatic rings. The molecule has 1 N–H and O–H groups in total. The summed E-state index contributed by atoms with van der Waals surface area (Å²) in [7, 11) is 0. The van der Waals surface area contributed by atoms with Crippen molar-refractivity contribution in [3.8, 4) is 0 Å². The van der Waals surface area contributed by atoms with Crippen molar-refractivity contribution in [3.63, 3.8) is 0 Å². The second-order valence-corrected chi connectivity index (χ2v) is 5.72. The second-order valence-electron chi connectivity index (χ2n) is 5.72. The summed E-state index contributed by atoms with van der Waals surface area (Å²) in [5, 5.41) is 9.11. The van der Waals surface area contributed by atoms with E-state index in [1.54, 1.807) is 0 Å². The summed E-state index contributed by atoms with van der Waals surface area (Å²) >= 11 is 0. The normalized spacial score (nSPS) is 11.9. The molecular formula is C20H24O3. The highest BCUT2D eigenvalue weighted by atomic mass is 16.7. The molecule has 1 unspecified atom stereocenters. The second kappa shape index (κ2) is 8.99. The van der Waals surface area contributed by atoms with Gasteiger partial charge in [0.05, 0.1) is 0 Å². The van der Waals surface area contributed by atoms with Crippen LogP contribution in [0.2, 0.25) is 0 Å². The fourth-order valence-electron chi connectivity index (χ4n) is 2.81. The van der Waals surface area contributed by atoms with Crippen molar-refractivity contribution in [2.24, 2.45) is 0 Å². The molecule has 0 aliphatic rings. The van der Waals surface area contributed by atoms with Crippen molar-refractivity contribution in [2.75, 3.05) is 0 Å². The molecule has 3 heteroatoms. The van der Waals surface area contributed by atoms with Crippen LogP contribution in [-0.4, -0.2) is 11.3 Å². The minimum Gasteiger partial charge on any atom is -0.450 e. The van der Waals surface area contributed by atoms with Gasteiger partial charge in [0.1, 0.15) is 6.10 Å². The van der Waals surface area contributed by atoms with Gasteiger partial charge in [-0.05, 0) is 29.5 Å². The van der Waals surface area contributed by atoms with Crippen molar-refractivity contribution in [3.05, 3.63) is 71.3 Å². The van der Waals surface area contributed by atoms with Crippen LogP contribution in [-0.2, 0) is 17.6 Å². The lowest BCUT2D eigenvalue weighted by atomic mass is 9.94. The van der Waals surface area contributed by atoms with Gasteiger partial charge in [-0.3, -0.25) is 0 Å². The highest BCUT2D eigenvalue weighted by Gasteiger charge is 2.19. The Morgan fingerprint density at radius 2 is 1.74 bits per heavy atom. The zero-order chi connectivity index (χ0) is 16.5. The molecule has 0 aromatic heterocycles. The van der Waals surface area contributed by atoms with Gasteiger partial charge in [0, 0.05) is 6.42 Å². The van der Waals surface area contributed by atoms with Crippen LogP contribution >= 0.6 is 0 Å². The molecule has 122 valence electrons. The minimum atomic E-state index is -1.23. The summed E-state index contributed by atoms with van der Waals surface area (Å²) in [6.45, 7) is 2.18. The maximum Gasteiger partial charge on any atom is 0.506 e. The van der Waals surface area contributed by atoms with Crippen LogP contribution in [0.4, 0.5) is 4.79 Å². The Morgan fingerprint density at radius 3 is 2.43 bits per heavy atom. The number of rotatable bonds is 8.